The van der Waals surface area contributed by atoms with Crippen molar-refractivity contribution in [1.82, 2.24) is 0 Å². The van der Waals surface area contributed by atoms with Gasteiger partial charge in [0.15, 0.2) is 0 Å². The number of hydrogen-bond acceptors (Lipinski definition) is 3. The van der Waals surface area contributed by atoms with Gasteiger partial charge in [-0.15, -0.1) is 0 Å². The molecule has 23 heavy (non-hydrogen) atoms. The highest BCUT2D eigenvalue weighted by Crippen LogP contribution is 2.11. The van der Waals surface area contributed by atoms with Crippen LogP contribution in [0, 0.1) is 0 Å². The third kappa shape index (κ3) is 4.66. The number of carboxylic acid groups (broad SMARTS) is 2. The molecule has 2 aromatic rings. The Kier molecular flexibility index (Phi) is 5.88. The van der Waals surface area contributed by atoms with E-state index in [1.54, 1.807) is 48.5 Å². The van der Waals surface area contributed by atoms with E-state index in [0.29, 0.717) is 26.1 Å². The van der Waals surface area contributed by atoms with Gasteiger partial charge >= 0.3 is 11.9 Å². The van der Waals surface area contributed by atoms with E-state index in [9.17, 15) is 9.59 Å². The predicted molar refractivity (Wildman–Crippen MR) is 85.0 cm³/mol. The van der Waals surface area contributed by atoms with E-state index in [1.807, 2.05) is 0 Å². The molecule has 0 spiro atoms. The molecule has 2 aromatic carbocycles. The fraction of sp³-hybridized carbons (Fsp3) is 0.222. The van der Waals surface area contributed by atoms with Crippen molar-refractivity contribution in [1.29, 1.82) is 0 Å². The monoisotopic (exact) mass is 314 g/mol. The molecule has 0 aromatic heterocycles. The predicted octanol–water partition coefficient (Wildman–Crippen LogP) is 2.88. The van der Waals surface area contributed by atoms with Gasteiger partial charge in [0, 0.05) is 0 Å². The SMILES string of the molecule is O=C(O)c1ccccc1CCOCCc1ccccc1C(=O)O. The minimum atomic E-state index is -0.948. The first-order chi connectivity index (χ1) is 11.1. The summed E-state index contributed by atoms with van der Waals surface area (Å²) in [6.45, 7) is 0.777. The van der Waals surface area contributed by atoms with Gasteiger partial charge in [0.05, 0.1) is 24.3 Å². The molecule has 0 aliphatic rings. The molecule has 5 heteroatoms. The Hall–Kier alpha value is -2.66. The quantitative estimate of drug-likeness (QED) is 0.732. The van der Waals surface area contributed by atoms with Crippen LogP contribution in [0.3, 0.4) is 0 Å². The lowest BCUT2D eigenvalue weighted by atomic mass is 10.0. The fourth-order valence-electron chi connectivity index (χ4n) is 2.36. The second kappa shape index (κ2) is 8.10. The standard InChI is InChI=1S/C18H18O5/c19-17(20)15-7-3-1-5-13(15)9-11-23-12-10-14-6-2-4-8-16(14)18(21)22/h1-8H,9-12H2,(H,19,20)(H,21,22). The number of aromatic carboxylic acids is 2. The number of rotatable bonds is 8. The van der Waals surface area contributed by atoms with E-state index in [4.69, 9.17) is 14.9 Å². The van der Waals surface area contributed by atoms with Gasteiger partial charge in [-0.05, 0) is 36.1 Å². The normalized spacial score (nSPS) is 10.4. The largest absolute Gasteiger partial charge is 0.478 e. The van der Waals surface area contributed by atoms with E-state index < -0.39 is 11.9 Å². The molecule has 0 fully saturated rings. The number of carboxylic acids is 2. The Bertz CT molecular complexity index is 634. The highest BCUT2D eigenvalue weighted by Gasteiger charge is 2.10. The van der Waals surface area contributed by atoms with Crippen LogP contribution in [0.1, 0.15) is 31.8 Å². The Morgan fingerprint density at radius 3 is 1.52 bits per heavy atom. The lowest BCUT2D eigenvalue weighted by molar-refractivity contribution is 0.0685. The van der Waals surface area contributed by atoms with Crippen LogP contribution in [0.2, 0.25) is 0 Å². The molecule has 2 rings (SSSR count). The molecule has 2 N–H and O–H groups in total. The van der Waals surface area contributed by atoms with Gasteiger partial charge in [-0.25, -0.2) is 9.59 Å². The highest BCUT2D eigenvalue weighted by molar-refractivity contribution is 5.89. The highest BCUT2D eigenvalue weighted by atomic mass is 16.5. The van der Waals surface area contributed by atoms with Gasteiger partial charge in [0.25, 0.3) is 0 Å². The van der Waals surface area contributed by atoms with E-state index in [-0.39, 0.29) is 11.1 Å². The van der Waals surface area contributed by atoms with Gasteiger partial charge in [-0.3, -0.25) is 0 Å². The van der Waals surface area contributed by atoms with E-state index in [2.05, 4.69) is 0 Å². The van der Waals surface area contributed by atoms with Gasteiger partial charge < -0.3 is 14.9 Å². The van der Waals surface area contributed by atoms with E-state index >= 15 is 0 Å². The zero-order chi connectivity index (χ0) is 16.7. The average molecular weight is 314 g/mol. The fourth-order valence-corrected chi connectivity index (χ4v) is 2.36. The number of carbonyl (C=O) groups is 2. The lowest BCUT2D eigenvalue weighted by Gasteiger charge is -2.08. The molecule has 0 aliphatic carbocycles. The van der Waals surface area contributed by atoms with E-state index in [1.165, 1.54) is 0 Å². The molecular formula is C18H18O5. The molecule has 0 atom stereocenters. The second-order valence-corrected chi connectivity index (χ2v) is 5.04. The lowest BCUT2D eigenvalue weighted by Crippen LogP contribution is -2.09. The van der Waals surface area contributed by atoms with Crippen LogP contribution in [0.5, 0.6) is 0 Å². The molecule has 0 heterocycles. The first-order valence-electron chi connectivity index (χ1n) is 7.29. The molecule has 5 nitrogen and oxygen atoms in total. The average Bonchev–Trinajstić information content (AvgIpc) is 2.55. The van der Waals surface area contributed by atoms with Crippen molar-refractivity contribution in [3.63, 3.8) is 0 Å². The molecule has 0 saturated heterocycles. The van der Waals surface area contributed by atoms with Crippen LogP contribution in [-0.4, -0.2) is 35.4 Å². The third-order valence-corrected chi connectivity index (χ3v) is 3.53. The van der Waals surface area contributed by atoms with Crippen LogP contribution < -0.4 is 0 Å². The Labute approximate surface area is 134 Å². The molecule has 0 saturated carbocycles. The zero-order valence-electron chi connectivity index (χ0n) is 12.6. The smallest absolute Gasteiger partial charge is 0.335 e. The van der Waals surface area contributed by atoms with Crippen molar-refractivity contribution >= 4 is 11.9 Å². The molecule has 0 aliphatic heterocycles. The summed E-state index contributed by atoms with van der Waals surface area (Å²) in [6.07, 6.45) is 1.01. The Morgan fingerprint density at radius 1 is 0.739 bits per heavy atom. The van der Waals surface area contributed by atoms with Crippen molar-refractivity contribution in [2.45, 2.75) is 12.8 Å². The summed E-state index contributed by atoms with van der Waals surface area (Å²) in [5, 5.41) is 18.2. The summed E-state index contributed by atoms with van der Waals surface area (Å²) in [6, 6.07) is 13.7. The number of ether oxygens (including phenoxy) is 1. The van der Waals surface area contributed by atoms with E-state index in [0.717, 1.165) is 11.1 Å². The number of hydrogen-bond donors (Lipinski definition) is 2. The first kappa shape index (κ1) is 16.7. The molecule has 0 radical (unpaired) electrons. The molecule has 0 amide bonds. The maximum Gasteiger partial charge on any atom is 0.335 e. The molecular weight excluding hydrogens is 296 g/mol. The summed E-state index contributed by atoms with van der Waals surface area (Å²) >= 11 is 0. The molecule has 120 valence electrons. The van der Waals surface area contributed by atoms with Crippen LogP contribution in [-0.2, 0) is 17.6 Å². The number of benzene rings is 2. The maximum atomic E-state index is 11.1. The van der Waals surface area contributed by atoms with Crippen molar-refractivity contribution in [2.24, 2.45) is 0 Å². The maximum absolute atomic E-state index is 11.1. The minimum Gasteiger partial charge on any atom is -0.478 e. The summed E-state index contributed by atoms with van der Waals surface area (Å²) < 4.78 is 5.53. The van der Waals surface area contributed by atoms with Crippen LogP contribution in [0.25, 0.3) is 0 Å². The van der Waals surface area contributed by atoms with Crippen LogP contribution in [0.4, 0.5) is 0 Å². The summed E-state index contributed by atoms with van der Waals surface area (Å²) in [5.41, 5.74) is 2.02. The Balaban J connectivity index is 1.83. The van der Waals surface area contributed by atoms with Gasteiger partial charge in [0.2, 0.25) is 0 Å². The van der Waals surface area contributed by atoms with Crippen LogP contribution in [0.15, 0.2) is 48.5 Å². The minimum absolute atomic E-state index is 0.285. The Morgan fingerprint density at radius 2 is 1.13 bits per heavy atom. The van der Waals surface area contributed by atoms with Gasteiger partial charge in [-0.2, -0.15) is 0 Å². The van der Waals surface area contributed by atoms with Gasteiger partial charge in [-0.1, -0.05) is 36.4 Å². The van der Waals surface area contributed by atoms with Crippen LogP contribution >= 0.6 is 0 Å². The zero-order valence-corrected chi connectivity index (χ0v) is 12.6. The summed E-state index contributed by atoms with van der Waals surface area (Å²) in [5.74, 6) is -1.90. The third-order valence-electron chi connectivity index (χ3n) is 3.53. The van der Waals surface area contributed by atoms with Crippen molar-refractivity contribution in [3.8, 4) is 0 Å². The molecule has 0 bridgehead atoms. The second-order valence-electron chi connectivity index (χ2n) is 5.04. The van der Waals surface area contributed by atoms with Gasteiger partial charge in [0.1, 0.15) is 0 Å². The summed E-state index contributed by atoms with van der Waals surface area (Å²) in [4.78, 5) is 22.2. The first-order valence-corrected chi connectivity index (χ1v) is 7.29. The van der Waals surface area contributed by atoms with Crippen molar-refractivity contribution in [3.05, 3.63) is 70.8 Å². The summed E-state index contributed by atoms with van der Waals surface area (Å²) in [7, 11) is 0. The topological polar surface area (TPSA) is 83.8 Å². The van der Waals surface area contributed by atoms with Crippen molar-refractivity contribution in [2.75, 3.05) is 13.2 Å². The van der Waals surface area contributed by atoms with Crippen molar-refractivity contribution < 1.29 is 24.5 Å². The molecule has 0 unspecified atom stereocenters.